The first-order valence-corrected chi connectivity index (χ1v) is 14.9. The van der Waals surface area contributed by atoms with Crippen LogP contribution in [0.25, 0.3) is 11.3 Å². The number of carboxylic acid groups (broad SMARTS) is 1. The zero-order valence-electron chi connectivity index (χ0n) is 24.7. The Bertz CT molecular complexity index is 1500. The second-order valence-corrected chi connectivity index (χ2v) is 13.3. The molecule has 0 bridgehead atoms. The van der Waals surface area contributed by atoms with E-state index in [1.54, 1.807) is 0 Å². The maximum Gasteiger partial charge on any atom is 0.335 e. The summed E-state index contributed by atoms with van der Waals surface area (Å²) in [6.07, 6.45) is 0.708. The van der Waals surface area contributed by atoms with Crippen LogP contribution in [0.5, 0.6) is 5.88 Å². The lowest BCUT2D eigenvalue weighted by Crippen LogP contribution is -2.32. The Hall–Kier alpha value is -3.54. The van der Waals surface area contributed by atoms with Gasteiger partial charge in [-0.3, -0.25) is 0 Å². The molecule has 222 valence electrons. The monoisotopic (exact) mass is 584 g/mol. The Morgan fingerprint density at radius 1 is 1.10 bits per heavy atom. The second kappa shape index (κ2) is 13.0. The van der Waals surface area contributed by atoms with Crippen molar-refractivity contribution < 1.29 is 27.8 Å². The van der Waals surface area contributed by atoms with Crippen molar-refractivity contribution in [1.82, 2.24) is 9.97 Å². The molecular formula is C30H40N4O6S. The van der Waals surface area contributed by atoms with E-state index in [4.69, 9.17) is 15.2 Å². The molecule has 3 rings (SSSR count). The fourth-order valence-electron chi connectivity index (χ4n) is 4.38. The van der Waals surface area contributed by atoms with Crippen LogP contribution in [-0.2, 0) is 21.4 Å². The number of aryl methyl sites for hydroxylation is 1. The Morgan fingerprint density at radius 3 is 2.41 bits per heavy atom. The normalized spacial score (nSPS) is 12.8. The van der Waals surface area contributed by atoms with Crippen LogP contribution in [0.4, 0.5) is 5.95 Å². The topological polar surface area (TPSA) is 154 Å². The highest BCUT2D eigenvalue weighted by molar-refractivity contribution is 7.92. The summed E-state index contributed by atoms with van der Waals surface area (Å²) in [4.78, 5) is 20.2. The predicted octanol–water partition coefficient (Wildman–Crippen LogP) is 5.33. The lowest BCUT2D eigenvalue weighted by atomic mass is 9.89. The fourth-order valence-corrected chi connectivity index (χ4v) is 5.37. The van der Waals surface area contributed by atoms with E-state index in [2.05, 4.69) is 35.5 Å². The molecule has 0 aliphatic heterocycles. The SMILES string of the molecule is Cc1cccc(COC(C)C)c1-c1nc(NS(=O)(=O)c2cccc(C(=O)O)c2)nc(OC[C@H](N)CC(C)(C)C)c1C. The van der Waals surface area contributed by atoms with E-state index in [1.807, 2.05) is 45.9 Å². The molecule has 0 radical (unpaired) electrons. The number of rotatable bonds is 12. The summed E-state index contributed by atoms with van der Waals surface area (Å²) < 4.78 is 41.0. The highest BCUT2D eigenvalue weighted by Gasteiger charge is 2.24. The minimum Gasteiger partial charge on any atom is -0.478 e. The number of nitrogens with two attached hydrogens (primary N) is 1. The molecule has 1 atom stereocenters. The predicted molar refractivity (Wildman–Crippen MR) is 159 cm³/mol. The maximum atomic E-state index is 13.3. The fraction of sp³-hybridized carbons (Fsp3) is 0.433. The third-order valence-corrected chi connectivity index (χ3v) is 7.52. The quantitative estimate of drug-likeness (QED) is 0.256. The Morgan fingerprint density at radius 2 is 1.78 bits per heavy atom. The lowest BCUT2D eigenvalue weighted by Gasteiger charge is -2.24. The van der Waals surface area contributed by atoms with Crippen LogP contribution in [-0.4, -0.2) is 48.2 Å². The highest BCUT2D eigenvalue weighted by Crippen LogP contribution is 2.34. The average molecular weight is 585 g/mol. The molecule has 2 aromatic carbocycles. The van der Waals surface area contributed by atoms with Gasteiger partial charge < -0.3 is 20.3 Å². The molecule has 10 nitrogen and oxygen atoms in total. The number of anilines is 1. The van der Waals surface area contributed by atoms with Gasteiger partial charge in [0.1, 0.15) is 6.61 Å². The van der Waals surface area contributed by atoms with Gasteiger partial charge in [-0.15, -0.1) is 0 Å². The van der Waals surface area contributed by atoms with Gasteiger partial charge in [-0.2, -0.15) is 4.98 Å². The van der Waals surface area contributed by atoms with Gasteiger partial charge in [0.2, 0.25) is 11.8 Å². The molecule has 11 heteroatoms. The summed E-state index contributed by atoms with van der Waals surface area (Å²) in [5.74, 6) is -1.27. The maximum absolute atomic E-state index is 13.3. The highest BCUT2D eigenvalue weighted by atomic mass is 32.2. The Kier molecular flexibility index (Phi) is 10.1. The van der Waals surface area contributed by atoms with Crippen LogP contribution in [0, 0.1) is 19.3 Å². The molecule has 0 spiro atoms. The number of benzene rings is 2. The summed E-state index contributed by atoms with van der Waals surface area (Å²) >= 11 is 0. The van der Waals surface area contributed by atoms with Crippen molar-refractivity contribution in [1.29, 1.82) is 0 Å². The zero-order chi connectivity index (χ0) is 30.5. The molecule has 1 aromatic heterocycles. The van der Waals surface area contributed by atoms with E-state index >= 15 is 0 Å². The molecule has 0 saturated heterocycles. The van der Waals surface area contributed by atoms with Crippen molar-refractivity contribution in [3.8, 4) is 17.1 Å². The van der Waals surface area contributed by atoms with Crippen LogP contribution >= 0.6 is 0 Å². The minimum atomic E-state index is -4.24. The smallest absolute Gasteiger partial charge is 0.335 e. The number of carboxylic acids is 1. The van der Waals surface area contributed by atoms with Gasteiger partial charge >= 0.3 is 5.97 Å². The first-order chi connectivity index (χ1) is 19.1. The standard InChI is InChI=1S/C30H40N4O6S/c1-18(2)39-16-22-12-8-10-19(3)25(22)26-20(4)27(40-17-23(31)15-30(5,6)7)33-29(32-26)34-41(37,38)24-13-9-11-21(14-24)28(35)36/h8-14,18,23H,15-17,31H2,1-7H3,(H,35,36)(H,32,33,34)/t23-/m1/s1. The molecule has 0 aliphatic carbocycles. The minimum absolute atomic E-state index is 0.00185. The molecule has 3 aromatic rings. The largest absolute Gasteiger partial charge is 0.478 e. The summed E-state index contributed by atoms with van der Waals surface area (Å²) in [6, 6.07) is 10.6. The van der Waals surface area contributed by atoms with Gasteiger partial charge in [0, 0.05) is 17.2 Å². The van der Waals surface area contributed by atoms with Gasteiger partial charge in [-0.1, -0.05) is 45.0 Å². The van der Waals surface area contributed by atoms with Gasteiger partial charge in [0.25, 0.3) is 10.0 Å². The van der Waals surface area contributed by atoms with Gasteiger partial charge in [-0.25, -0.2) is 22.9 Å². The number of hydrogen-bond acceptors (Lipinski definition) is 8. The average Bonchev–Trinajstić information content (AvgIpc) is 2.86. The number of aromatic carboxylic acids is 1. The number of hydrogen-bond donors (Lipinski definition) is 3. The number of ether oxygens (including phenoxy) is 2. The van der Waals surface area contributed by atoms with Gasteiger partial charge in [0.05, 0.1) is 28.9 Å². The first-order valence-electron chi connectivity index (χ1n) is 13.4. The van der Waals surface area contributed by atoms with Crippen LogP contribution in [0.2, 0.25) is 0 Å². The molecule has 0 unspecified atom stereocenters. The first kappa shape index (κ1) is 32.0. The summed E-state index contributed by atoms with van der Waals surface area (Å²) in [5.41, 5.74) is 9.83. The third kappa shape index (κ3) is 8.72. The Balaban J connectivity index is 2.12. The molecule has 0 aliphatic rings. The molecule has 41 heavy (non-hydrogen) atoms. The van der Waals surface area contributed by atoms with Crippen LogP contribution < -0.4 is 15.2 Å². The zero-order valence-corrected chi connectivity index (χ0v) is 25.5. The molecule has 1 heterocycles. The van der Waals surface area contributed by atoms with Gasteiger partial charge in [-0.05, 0) is 68.9 Å². The van der Waals surface area contributed by atoms with Crippen molar-refractivity contribution >= 4 is 21.9 Å². The van der Waals surface area contributed by atoms with Crippen molar-refractivity contribution in [3.05, 3.63) is 64.7 Å². The van der Waals surface area contributed by atoms with E-state index in [0.29, 0.717) is 24.3 Å². The number of nitrogens with zero attached hydrogens (tertiary/aromatic N) is 2. The number of nitrogens with one attached hydrogen (secondary N) is 1. The van der Waals surface area contributed by atoms with Gasteiger partial charge in [0.15, 0.2) is 0 Å². The van der Waals surface area contributed by atoms with Crippen LogP contribution in [0.3, 0.4) is 0 Å². The second-order valence-electron chi connectivity index (χ2n) is 11.6. The molecule has 0 fully saturated rings. The van der Waals surface area contributed by atoms with Crippen molar-refractivity contribution in [2.45, 2.75) is 78.5 Å². The molecule has 4 N–H and O–H groups in total. The van der Waals surface area contributed by atoms with Crippen molar-refractivity contribution in [2.75, 3.05) is 11.3 Å². The van der Waals surface area contributed by atoms with E-state index < -0.39 is 16.0 Å². The third-order valence-electron chi connectivity index (χ3n) is 6.19. The van der Waals surface area contributed by atoms with E-state index in [-0.39, 0.29) is 46.5 Å². The van der Waals surface area contributed by atoms with E-state index in [0.717, 1.165) is 22.8 Å². The number of sulfonamides is 1. The number of aromatic nitrogens is 2. The molecule has 0 amide bonds. The van der Waals surface area contributed by atoms with E-state index in [9.17, 15) is 18.3 Å². The molecular weight excluding hydrogens is 544 g/mol. The number of carbonyl (C=O) groups is 1. The summed E-state index contributed by atoms with van der Waals surface area (Å²) in [5, 5.41) is 9.32. The molecule has 0 saturated carbocycles. The van der Waals surface area contributed by atoms with Crippen LogP contribution in [0.15, 0.2) is 47.4 Å². The van der Waals surface area contributed by atoms with Crippen molar-refractivity contribution in [3.63, 3.8) is 0 Å². The van der Waals surface area contributed by atoms with Crippen molar-refractivity contribution in [2.24, 2.45) is 11.1 Å². The lowest BCUT2D eigenvalue weighted by molar-refractivity contribution is 0.0659. The van der Waals surface area contributed by atoms with Crippen LogP contribution in [0.1, 0.15) is 68.1 Å². The summed E-state index contributed by atoms with van der Waals surface area (Å²) in [6.45, 7) is 14.4. The Labute approximate surface area is 242 Å². The van der Waals surface area contributed by atoms with E-state index in [1.165, 1.54) is 18.2 Å². The summed E-state index contributed by atoms with van der Waals surface area (Å²) in [7, 11) is -4.24.